The Labute approximate surface area is 108 Å². The molecule has 0 bridgehead atoms. The number of benzene rings is 1. The molecule has 2 unspecified atom stereocenters. The molecule has 1 aliphatic carbocycles. The minimum Gasteiger partial charge on any atom is -0.494 e. The van der Waals surface area contributed by atoms with E-state index in [0.29, 0.717) is 6.04 Å². The van der Waals surface area contributed by atoms with Crippen molar-refractivity contribution in [2.75, 3.05) is 19.1 Å². The number of ether oxygens (including phenoxy) is 1. The minimum atomic E-state index is -0.328. The van der Waals surface area contributed by atoms with Crippen LogP contribution in [0.3, 0.4) is 0 Å². The van der Waals surface area contributed by atoms with Crippen LogP contribution in [0.25, 0.3) is 0 Å². The van der Waals surface area contributed by atoms with Crippen molar-refractivity contribution in [3.05, 3.63) is 24.0 Å². The quantitative estimate of drug-likeness (QED) is 0.898. The number of hydrogen-bond acceptors (Lipinski definition) is 3. The monoisotopic (exact) mass is 252 g/mol. The maximum absolute atomic E-state index is 13.7. The Morgan fingerprint density at radius 2 is 2.06 bits per heavy atom. The molecule has 18 heavy (non-hydrogen) atoms. The summed E-state index contributed by atoms with van der Waals surface area (Å²) in [6, 6.07) is 5.53. The molecule has 1 saturated carbocycles. The Bertz CT molecular complexity index is 411. The van der Waals surface area contributed by atoms with Crippen molar-refractivity contribution in [3.63, 3.8) is 0 Å². The molecule has 1 aliphatic rings. The van der Waals surface area contributed by atoms with Crippen LogP contribution in [0.2, 0.25) is 0 Å². The zero-order valence-corrected chi connectivity index (χ0v) is 11.0. The molecule has 100 valence electrons. The highest BCUT2D eigenvalue weighted by molar-refractivity contribution is 5.50. The highest BCUT2D eigenvalue weighted by Gasteiger charge is 2.26. The molecule has 0 saturated heterocycles. The summed E-state index contributed by atoms with van der Waals surface area (Å²) in [5, 5.41) is 0. The summed E-state index contributed by atoms with van der Waals surface area (Å²) < 4.78 is 18.6. The van der Waals surface area contributed by atoms with Gasteiger partial charge in [0.2, 0.25) is 0 Å². The number of halogens is 1. The van der Waals surface area contributed by atoms with Gasteiger partial charge in [-0.3, -0.25) is 0 Å². The fraction of sp³-hybridized carbons (Fsp3) is 0.571. The van der Waals surface area contributed by atoms with E-state index in [9.17, 15) is 4.39 Å². The highest BCUT2D eigenvalue weighted by atomic mass is 19.1. The number of methoxy groups -OCH3 is 1. The third kappa shape index (κ3) is 2.58. The zero-order chi connectivity index (χ0) is 13.1. The molecule has 2 atom stereocenters. The van der Waals surface area contributed by atoms with E-state index < -0.39 is 0 Å². The maximum atomic E-state index is 13.7. The zero-order valence-electron chi connectivity index (χ0n) is 11.0. The lowest BCUT2D eigenvalue weighted by atomic mass is 9.90. The second-order valence-electron chi connectivity index (χ2n) is 4.95. The van der Waals surface area contributed by atoms with Gasteiger partial charge in [-0.1, -0.05) is 12.8 Å². The molecule has 0 aliphatic heterocycles. The Morgan fingerprint density at radius 3 is 2.67 bits per heavy atom. The van der Waals surface area contributed by atoms with Gasteiger partial charge in [-0.05, 0) is 25.0 Å². The minimum absolute atomic E-state index is 0.175. The number of anilines is 1. The van der Waals surface area contributed by atoms with Crippen LogP contribution in [0.15, 0.2) is 18.2 Å². The predicted octanol–water partition coefficient (Wildman–Crippen LogP) is 2.54. The molecule has 2 N–H and O–H groups in total. The molecule has 1 fully saturated rings. The van der Waals surface area contributed by atoms with Gasteiger partial charge in [0.25, 0.3) is 0 Å². The van der Waals surface area contributed by atoms with Gasteiger partial charge in [-0.15, -0.1) is 0 Å². The Hall–Kier alpha value is -1.29. The summed E-state index contributed by atoms with van der Waals surface area (Å²) >= 11 is 0. The molecule has 1 aromatic carbocycles. The van der Waals surface area contributed by atoms with Crippen molar-refractivity contribution in [1.29, 1.82) is 0 Å². The first-order chi connectivity index (χ1) is 8.63. The van der Waals surface area contributed by atoms with Crippen molar-refractivity contribution < 1.29 is 9.13 Å². The molecule has 1 aromatic rings. The topological polar surface area (TPSA) is 38.5 Å². The van der Waals surface area contributed by atoms with Crippen LogP contribution in [0, 0.1) is 5.82 Å². The average molecular weight is 252 g/mol. The molecular formula is C14H21FN2O. The van der Waals surface area contributed by atoms with Gasteiger partial charge in [0.1, 0.15) is 0 Å². The lowest BCUT2D eigenvalue weighted by molar-refractivity contribution is 0.372. The van der Waals surface area contributed by atoms with Gasteiger partial charge in [0.15, 0.2) is 11.6 Å². The fourth-order valence-electron chi connectivity index (χ4n) is 2.69. The second-order valence-corrected chi connectivity index (χ2v) is 4.95. The summed E-state index contributed by atoms with van der Waals surface area (Å²) in [5.74, 6) is -0.0497. The summed E-state index contributed by atoms with van der Waals surface area (Å²) in [4.78, 5) is 2.09. The first-order valence-corrected chi connectivity index (χ1v) is 6.45. The van der Waals surface area contributed by atoms with E-state index in [4.69, 9.17) is 10.5 Å². The van der Waals surface area contributed by atoms with Crippen molar-refractivity contribution in [1.82, 2.24) is 0 Å². The highest BCUT2D eigenvalue weighted by Crippen LogP contribution is 2.28. The van der Waals surface area contributed by atoms with Crippen molar-refractivity contribution >= 4 is 5.69 Å². The summed E-state index contributed by atoms with van der Waals surface area (Å²) in [7, 11) is 3.45. The molecule has 0 heterocycles. The molecule has 0 aromatic heterocycles. The Balaban J connectivity index is 2.17. The van der Waals surface area contributed by atoms with Gasteiger partial charge in [0, 0.05) is 30.9 Å². The van der Waals surface area contributed by atoms with Crippen LogP contribution in [0.5, 0.6) is 5.75 Å². The Kier molecular flexibility index (Phi) is 4.07. The lowest BCUT2D eigenvalue weighted by Crippen LogP contribution is -2.48. The van der Waals surface area contributed by atoms with Crippen molar-refractivity contribution in [3.8, 4) is 5.75 Å². The first kappa shape index (κ1) is 13.1. The standard InChI is InChI=1S/C14H21FN2O/c1-17(13-6-4-3-5-12(13)16)10-7-8-14(18-2)11(15)9-10/h7-9,12-13H,3-6,16H2,1-2H3. The van der Waals surface area contributed by atoms with Crippen LogP contribution in [0.4, 0.5) is 10.1 Å². The summed E-state index contributed by atoms with van der Waals surface area (Å²) in [5.41, 5.74) is 7.01. The second kappa shape index (κ2) is 5.57. The predicted molar refractivity (Wildman–Crippen MR) is 71.6 cm³/mol. The first-order valence-electron chi connectivity index (χ1n) is 6.45. The normalized spacial score (nSPS) is 23.8. The van der Waals surface area contributed by atoms with Gasteiger partial charge in [0.05, 0.1) is 7.11 Å². The molecular weight excluding hydrogens is 231 g/mol. The number of hydrogen-bond donors (Lipinski definition) is 1. The largest absolute Gasteiger partial charge is 0.494 e. The summed E-state index contributed by atoms with van der Waals surface area (Å²) in [6.07, 6.45) is 4.52. The van der Waals surface area contributed by atoms with Crippen LogP contribution in [-0.2, 0) is 0 Å². The number of rotatable bonds is 3. The van der Waals surface area contributed by atoms with Crippen LogP contribution in [-0.4, -0.2) is 26.2 Å². The number of nitrogens with two attached hydrogens (primary N) is 1. The third-order valence-corrected chi connectivity index (χ3v) is 3.82. The lowest BCUT2D eigenvalue weighted by Gasteiger charge is -2.37. The molecule has 4 heteroatoms. The summed E-state index contributed by atoms with van der Waals surface area (Å²) in [6.45, 7) is 0. The average Bonchev–Trinajstić information content (AvgIpc) is 2.38. The maximum Gasteiger partial charge on any atom is 0.167 e. The van der Waals surface area contributed by atoms with E-state index >= 15 is 0 Å². The smallest absolute Gasteiger partial charge is 0.167 e. The van der Waals surface area contributed by atoms with Crippen LogP contribution >= 0.6 is 0 Å². The SMILES string of the molecule is COc1ccc(N(C)C2CCCCC2N)cc1F. The van der Waals surface area contributed by atoms with E-state index in [1.807, 2.05) is 13.1 Å². The van der Waals surface area contributed by atoms with Crippen molar-refractivity contribution in [2.24, 2.45) is 5.73 Å². The van der Waals surface area contributed by atoms with Crippen LogP contribution in [0.1, 0.15) is 25.7 Å². The third-order valence-electron chi connectivity index (χ3n) is 3.82. The molecule has 0 spiro atoms. The van der Waals surface area contributed by atoms with Gasteiger partial charge in [-0.25, -0.2) is 4.39 Å². The molecule has 2 rings (SSSR count). The van der Waals surface area contributed by atoms with E-state index in [0.717, 1.165) is 18.5 Å². The van der Waals surface area contributed by atoms with Gasteiger partial charge < -0.3 is 15.4 Å². The van der Waals surface area contributed by atoms with Crippen molar-refractivity contribution in [2.45, 2.75) is 37.8 Å². The van der Waals surface area contributed by atoms with E-state index in [-0.39, 0.29) is 17.6 Å². The number of likely N-dealkylation sites (N-methyl/N-ethyl adjacent to an activating group) is 1. The van der Waals surface area contributed by atoms with Gasteiger partial charge >= 0.3 is 0 Å². The van der Waals surface area contributed by atoms with Gasteiger partial charge in [-0.2, -0.15) is 0 Å². The van der Waals surface area contributed by atoms with Crippen LogP contribution < -0.4 is 15.4 Å². The van der Waals surface area contributed by atoms with E-state index in [1.54, 1.807) is 6.07 Å². The fourth-order valence-corrected chi connectivity index (χ4v) is 2.69. The number of nitrogens with zero attached hydrogens (tertiary/aromatic N) is 1. The van der Waals surface area contributed by atoms with E-state index in [1.165, 1.54) is 26.0 Å². The molecule has 0 radical (unpaired) electrons. The van der Waals surface area contributed by atoms with E-state index in [2.05, 4.69) is 4.90 Å². The molecule has 3 nitrogen and oxygen atoms in total. The molecule has 0 amide bonds. The Morgan fingerprint density at radius 1 is 1.33 bits per heavy atom.